The fourth-order valence-electron chi connectivity index (χ4n) is 2.55. The lowest BCUT2D eigenvalue weighted by Crippen LogP contribution is -1.97. The summed E-state index contributed by atoms with van der Waals surface area (Å²) in [6, 6.07) is 16.6. The molecule has 0 spiro atoms. The number of methoxy groups -OCH3 is 1. The number of H-pyrrole nitrogens is 1. The largest absolute Gasteiger partial charge is 0.497 e. The van der Waals surface area contributed by atoms with Crippen molar-refractivity contribution in [2.75, 3.05) is 12.4 Å². The van der Waals surface area contributed by atoms with Crippen LogP contribution in [0.3, 0.4) is 0 Å². The van der Waals surface area contributed by atoms with E-state index in [1.54, 1.807) is 37.6 Å². The van der Waals surface area contributed by atoms with Gasteiger partial charge in [-0.25, -0.2) is 0 Å². The molecule has 0 aliphatic carbocycles. The molecule has 2 aromatic carbocycles. The van der Waals surface area contributed by atoms with Crippen molar-refractivity contribution in [3.05, 3.63) is 65.8 Å². The molecule has 0 saturated heterocycles. The quantitative estimate of drug-likeness (QED) is 0.510. The SMILES string of the molecule is COc1ccc2c(Oc3ccc(Cl)cc3)nc(Nc3cc[nH]n3)cc2c1. The molecule has 2 N–H and O–H groups in total. The van der Waals surface area contributed by atoms with Gasteiger partial charge < -0.3 is 14.8 Å². The van der Waals surface area contributed by atoms with Gasteiger partial charge in [0.15, 0.2) is 5.82 Å². The molecule has 0 atom stereocenters. The summed E-state index contributed by atoms with van der Waals surface area (Å²) >= 11 is 5.94. The Morgan fingerprint density at radius 1 is 0.962 bits per heavy atom. The van der Waals surface area contributed by atoms with E-state index in [-0.39, 0.29) is 0 Å². The zero-order valence-electron chi connectivity index (χ0n) is 13.9. The summed E-state index contributed by atoms with van der Waals surface area (Å²) in [5.74, 6) is 3.16. The second kappa shape index (κ2) is 6.93. The predicted molar refractivity (Wildman–Crippen MR) is 102 cm³/mol. The molecule has 2 aromatic heterocycles. The van der Waals surface area contributed by atoms with Crippen LogP contribution in [-0.4, -0.2) is 22.3 Å². The first-order valence-corrected chi connectivity index (χ1v) is 8.28. The van der Waals surface area contributed by atoms with Gasteiger partial charge in [-0.05, 0) is 53.9 Å². The van der Waals surface area contributed by atoms with Crippen LogP contribution in [0.25, 0.3) is 10.8 Å². The van der Waals surface area contributed by atoms with Crippen LogP contribution in [0.1, 0.15) is 0 Å². The molecule has 0 amide bonds. The molecule has 26 heavy (non-hydrogen) atoms. The molecule has 6 nitrogen and oxygen atoms in total. The second-order valence-corrected chi connectivity index (χ2v) is 5.98. The highest BCUT2D eigenvalue weighted by Gasteiger charge is 2.11. The minimum atomic E-state index is 0.477. The van der Waals surface area contributed by atoms with Crippen LogP contribution >= 0.6 is 11.6 Å². The molecule has 0 aliphatic heterocycles. The number of nitrogens with zero attached hydrogens (tertiary/aromatic N) is 2. The predicted octanol–water partition coefficient (Wildman–Crippen LogP) is 5.16. The van der Waals surface area contributed by atoms with Crippen molar-refractivity contribution in [1.29, 1.82) is 0 Å². The zero-order valence-corrected chi connectivity index (χ0v) is 14.6. The molecule has 7 heteroatoms. The molecule has 130 valence electrons. The summed E-state index contributed by atoms with van der Waals surface area (Å²) < 4.78 is 11.3. The first-order chi connectivity index (χ1) is 12.7. The molecule has 0 aliphatic rings. The lowest BCUT2D eigenvalue weighted by atomic mass is 10.1. The van der Waals surface area contributed by atoms with E-state index in [9.17, 15) is 0 Å². The minimum absolute atomic E-state index is 0.477. The third-order valence-corrected chi connectivity index (χ3v) is 4.04. The van der Waals surface area contributed by atoms with E-state index < -0.39 is 0 Å². The summed E-state index contributed by atoms with van der Waals surface area (Å²) in [5.41, 5.74) is 0. The number of aromatic nitrogens is 3. The lowest BCUT2D eigenvalue weighted by Gasteiger charge is -2.12. The van der Waals surface area contributed by atoms with Crippen molar-refractivity contribution >= 4 is 34.0 Å². The van der Waals surface area contributed by atoms with E-state index in [1.807, 2.05) is 30.3 Å². The smallest absolute Gasteiger partial charge is 0.229 e. The molecule has 0 bridgehead atoms. The van der Waals surface area contributed by atoms with Crippen molar-refractivity contribution in [2.24, 2.45) is 0 Å². The maximum atomic E-state index is 6.00. The van der Waals surface area contributed by atoms with Crippen LogP contribution in [-0.2, 0) is 0 Å². The average Bonchev–Trinajstić information content (AvgIpc) is 3.16. The van der Waals surface area contributed by atoms with Gasteiger partial charge in [0.1, 0.15) is 17.3 Å². The van der Waals surface area contributed by atoms with E-state index in [2.05, 4.69) is 20.5 Å². The first kappa shape index (κ1) is 16.2. The van der Waals surface area contributed by atoms with Crippen LogP contribution < -0.4 is 14.8 Å². The fourth-order valence-corrected chi connectivity index (χ4v) is 2.67. The topological polar surface area (TPSA) is 72.1 Å². The van der Waals surface area contributed by atoms with Gasteiger partial charge in [0, 0.05) is 22.7 Å². The van der Waals surface area contributed by atoms with Crippen molar-refractivity contribution in [3.8, 4) is 17.4 Å². The number of hydrogen-bond acceptors (Lipinski definition) is 5. The van der Waals surface area contributed by atoms with Gasteiger partial charge in [0.2, 0.25) is 5.88 Å². The monoisotopic (exact) mass is 366 g/mol. The van der Waals surface area contributed by atoms with Crippen molar-refractivity contribution in [2.45, 2.75) is 0 Å². The maximum Gasteiger partial charge on any atom is 0.229 e. The number of pyridine rings is 1. The van der Waals surface area contributed by atoms with Crippen molar-refractivity contribution in [3.63, 3.8) is 0 Å². The van der Waals surface area contributed by atoms with E-state index in [0.717, 1.165) is 16.5 Å². The highest BCUT2D eigenvalue weighted by atomic mass is 35.5. The number of halogens is 1. The van der Waals surface area contributed by atoms with Gasteiger partial charge in [-0.2, -0.15) is 10.1 Å². The van der Waals surface area contributed by atoms with Gasteiger partial charge in [0.05, 0.1) is 7.11 Å². The van der Waals surface area contributed by atoms with Crippen LogP contribution in [0.2, 0.25) is 5.02 Å². The number of nitrogens with one attached hydrogen (secondary N) is 2. The van der Waals surface area contributed by atoms with Crippen molar-refractivity contribution in [1.82, 2.24) is 15.2 Å². The Balaban J connectivity index is 1.78. The molecule has 0 saturated carbocycles. The second-order valence-electron chi connectivity index (χ2n) is 5.54. The van der Waals surface area contributed by atoms with Gasteiger partial charge in [-0.15, -0.1) is 0 Å². The third-order valence-electron chi connectivity index (χ3n) is 3.79. The van der Waals surface area contributed by atoms with E-state index in [1.165, 1.54) is 0 Å². The number of anilines is 2. The molecular formula is C19H15ClN4O2. The Morgan fingerprint density at radius 2 is 1.77 bits per heavy atom. The summed E-state index contributed by atoms with van der Waals surface area (Å²) in [7, 11) is 1.64. The first-order valence-electron chi connectivity index (χ1n) is 7.90. The summed E-state index contributed by atoms with van der Waals surface area (Å²) in [6.07, 6.45) is 1.73. The molecule has 4 aromatic rings. The molecular weight excluding hydrogens is 352 g/mol. The number of rotatable bonds is 5. The van der Waals surface area contributed by atoms with E-state index >= 15 is 0 Å². The van der Waals surface area contributed by atoms with Gasteiger partial charge in [0.25, 0.3) is 0 Å². The molecule has 0 fully saturated rings. The Bertz CT molecular complexity index is 1030. The van der Waals surface area contributed by atoms with Crippen molar-refractivity contribution < 1.29 is 9.47 Å². The third kappa shape index (κ3) is 3.41. The van der Waals surface area contributed by atoms with Gasteiger partial charge in [-0.1, -0.05) is 11.6 Å². The average molecular weight is 367 g/mol. The summed E-state index contributed by atoms with van der Waals surface area (Å²) in [4.78, 5) is 4.59. The van der Waals surface area contributed by atoms with Gasteiger partial charge >= 0.3 is 0 Å². The molecule has 0 unspecified atom stereocenters. The number of hydrogen-bond donors (Lipinski definition) is 2. The van der Waals surface area contributed by atoms with Crippen LogP contribution in [0, 0.1) is 0 Å². The Kier molecular flexibility index (Phi) is 4.33. The Hall–Kier alpha value is -3.25. The van der Waals surface area contributed by atoms with Crippen LogP contribution in [0.5, 0.6) is 17.4 Å². The maximum absolute atomic E-state index is 6.00. The summed E-state index contributed by atoms with van der Waals surface area (Å²) in [5, 5.41) is 12.5. The van der Waals surface area contributed by atoms with Crippen LogP contribution in [0.4, 0.5) is 11.6 Å². The number of fused-ring (bicyclic) bond motifs is 1. The Labute approximate surface area is 154 Å². The number of benzene rings is 2. The van der Waals surface area contributed by atoms with E-state index in [0.29, 0.717) is 28.3 Å². The number of ether oxygens (including phenoxy) is 2. The highest BCUT2D eigenvalue weighted by molar-refractivity contribution is 6.30. The molecule has 2 heterocycles. The zero-order chi connectivity index (χ0) is 17.9. The minimum Gasteiger partial charge on any atom is -0.497 e. The number of aromatic amines is 1. The Morgan fingerprint density at radius 3 is 2.50 bits per heavy atom. The molecule has 0 radical (unpaired) electrons. The lowest BCUT2D eigenvalue weighted by molar-refractivity contribution is 0.415. The van der Waals surface area contributed by atoms with E-state index in [4.69, 9.17) is 21.1 Å². The highest BCUT2D eigenvalue weighted by Crippen LogP contribution is 2.33. The van der Waals surface area contributed by atoms with Gasteiger partial charge in [-0.3, -0.25) is 5.10 Å². The molecule has 4 rings (SSSR count). The normalized spacial score (nSPS) is 10.7. The standard InChI is InChI=1S/C19H15ClN4O2/c1-25-15-6-7-16-12(10-15)11-18(22-17-8-9-21-24-17)23-19(16)26-14-4-2-13(20)3-5-14/h2-11H,1H3,(H2,21,22,23,24). The van der Waals surface area contributed by atoms with Crippen LogP contribution in [0.15, 0.2) is 60.8 Å². The fraction of sp³-hybridized carbons (Fsp3) is 0.0526. The summed E-state index contributed by atoms with van der Waals surface area (Å²) in [6.45, 7) is 0.